The molecule has 0 fully saturated rings. The van der Waals surface area contributed by atoms with Crippen molar-refractivity contribution in [1.82, 2.24) is 0 Å². The number of anilines is 1. The standard InChI is InChI=1S/C16H11ClN2O3/c17-12-3-1-2-4-13(12)19-16(22)11(9-18)7-10-5-6-14(20)15(21)8-10/h1-8,20-21H,(H,19,22)/b11-7-. The van der Waals surface area contributed by atoms with E-state index in [-0.39, 0.29) is 17.1 Å². The molecule has 0 saturated heterocycles. The first kappa shape index (κ1) is 15.4. The van der Waals surface area contributed by atoms with Crippen molar-refractivity contribution >= 4 is 29.3 Å². The molecule has 3 N–H and O–H groups in total. The van der Waals surface area contributed by atoms with Gasteiger partial charge in [-0.25, -0.2) is 0 Å². The molecule has 6 heteroatoms. The summed E-state index contributed by atoms with van der Waals surface area (Å²) in [4.78, 5) is 12.1. The van der Waals surface area contributed by atoms with E-state index < -0.39 is 5.91 Å². The molecule has 22 heavy (non-hydrogen) atoms. The van der Waals surface area contributed by atoms with Crippen molar-refractivity contribution in [3.8, 4) is 17.6 Å². The monoisotopic (exact) mass is 314 g/mol. The summed E-state index contributed by atoms with van der Waals surface area (Å²) in [5.74, 6) is -1.24. The molecule has 0 aromatic heterocycles. The van der Waals surface area contributed by atoms with E-state index in [1.165, 1.54) is 24.3 Å². The van der Waals surface area contributed by atoms with E-state index in [1.54, 1.807) is 30.3 Å². The van der Waals surface area contributed by atoms with Gasteiger partial charge >= 0.3 is 0 Å². The molecular weight excluding hydrogens is 304 g/mol. The zero-order valence-corrected chi connectivity index (χ0v) is 12.0. The van der Waals surface area contributed by atoms with Crippen LogP contribution < -0.4 is 5.32 Å². The lowest BCUT2D eigenvalue weighted by Gasteiger charge is -2.06. The lowest BCUT2D eigenvalue weighted by molar-refractivity contribution is -0.112. The number of carbonyl (C=O) groups excluding carboxylic acids is 1. The van der Waals surface area contributed by atoms with Gasteiger partial charge in [-0.2, -0.15) is 5.26 Å². The Morgan fingerprint density at radius 3 is 2.55 bits per heavy atom. The van der Waals surface area contributed by atoms with Crippen molar-refractivity contribution < 1.29 is 15.0 Å². The van der Waals surface area contributed by atoms with Crippen LogP contribution in [0.1, 0.15) is 5.56 Å². The summed E-state index contributed by atoms with van der Waals surface area (Å²) < 4.78 is 0. The summed E-state index contributed by atoms with van der Waals surface area (Å²) in [6.07, 6.45) is 1.30. The topological polar surface area (TPSA) is 93.3 Å². The maximum atomic E-state index is 12.1. The number of para-hydroxylation sites is 1. The number of phenolic OH excluding ortho intramolecular Hbond substituents is 2. The molecule has 0 aliphatic rings. The molecule has 0 heterocycles. The number of halogens is 1. The van der Waals surface area contributed by atoms with Crippen molar-refractivity contribution in [2.75, 3.05) is 5.32 Å². The number of nitrogens with zero attached hydrogens (tertiary/aromatic N) is 1. The molecule has 2 aromatic carbocycles. The highest BCUT2D eigenvalue weighted by molar-refractivity contribution is 6.34. The molecule has 0 radical (unpaired) electrons. The van der Waals surface area contributed by atoms with Crippen molar-refractivity contribution in [2.45, 2.75) is 0 Å². The van der Waals surface area contributed by atoms with Crippen molar-refractivity contribution in [3.05, 3.63) is 58.6 Å². The average molecular weight is 315 g/mol. The van der Waals surface area contributed by atoms with Gasteiger partial charge in [-0.05, 0) is 35.9 Å². The van der Waals surface area contributed by atoms with E-state index in [9.17, 15) is 15.0 Å². The number of nitrogens with one attached hydrogen (secondary N) is 1. The molecule has 2 rings (SSSR count). The fraction of sp³-hybridized carbons (Fsp3) is 0. The van der Waals surface area contributed by atoms with E-state index in [1.807, 2.05) is 0 Å². The maximum Gasteiger partial charge on any atom is 0.266 e. The van der Waals surface area contributed by atoms with Gasteiger partial charge in [-0.1, -0.05) is 29.8 Å². The van der Waals surface area contributed by atoms with E-state index in [0.29, 0.717) is 16.3 Å². The van der Waals surface area contributed by atoms with Gasteiger partial charge in [0.05, 0.1) is 10.7 Å². The Morgan fingerprint density at radius 1 is 1.18 bits per heavy atom. The lowest BCUT2D eigenvalue weighted by atomic mass is 10.1. The first-order valence-corrected chi connectivity index (χ1v) is 6.58. The predicted octanol–water partition coefficient (Wildman–Crippen LogP) is 3.30. The van der Waals surface area contributed by atoms with Crippen molar-refractivity contribution in [3.63, 3.8) is 0 Å². The number of benzene rings is 2. The van der Waals surface area contributed by atoms with Crippen LogP contribution in [-0.4, -0.2) is 16.1 Å². The first-order valence-electron chi connectivity index (χ1n) is 6.21. The van der Waals surface area contributed by atoms with Gasteiger partial charge in [0.1, 0.15) is 11.6 Å². The summed E-state index contributed by atoms with van der Waals surface area (Å²) in [5, 5.41) is 30.7. The Kier molecular flexibility index (Phi) is 4.66. The summed E-state index contributed by atoms with van der Waals surface area (Å²) in [7, 11) is 0. The normalized spacial score (nSPS) is 10.8. The highest BCUT2D eigenvalue weighted by Crippen LogP contribution is 2.26. The van der Waals surface area contributed by atoms with Gasteiger partial charge in [0.15, 0.2) is 11.5 Å². The largest absolute Gasteiger partial charge is 0.504 e. The van der Waals surface area contributed by atoms with Crippen LogP contribution in [0.4, 0.5) is 5.69 Å². The predicted molar refractivity (Wildman–Crippen MR) is 83.4 cm³/mol. The fourth-order valence-corrected chi connectivity index (χ4v) is 1.88. The zero-order chi connectivity index (χ0) is 16.1. The number of phenols is 2. The molecule has 0 aliphatic heterocycles. The molecule has 0 unspecified atom stereocenters. The molecule has 0 saturated carbocycles. The highest BCUT2D eigenvalue weighted by atomic mass is 35.5. The molecular formula is C16H11ClN2O3. The first-order chi connectivity index (χ1) is 10.5. The zero-order valence-electron chi connectivity index (χ0n) is 11.2. The summed E-state index contributed by atoms with van der Waals surface area (Å²) in [5.41, 5.74) is 0.634. The number of hydrogen-bond acceptors (Lipinski definition) is 4. The molecule has 0 aliphatic carbocycles. The Balaban J connectivity index is 2.26. The summed E-state index contributed by atoms with van der Waals surface area (Å²) >= 11 is 5.94. The second kappa shape index (κ2) is 6.66. The van der Waals surface area contributed by atoms with Gasteiger partial charge in [0.2, 0.25) is 0 Å². The second-order valence-electron chi connectivity index (χ2n) is 4.35. The van der Waals surface area contributed by atoms with Crippen LogP contribution in [0.3, 0.4) is 0 Å². The second-order valence-corrected chi connectivity index (χ2v) is 4.76. The Morgan fingerprint density at radius 2 is 1.91 bits per heavy atom. The lowest BCUT2D eigenvalue weighted by Crippen LogP contribution is -2.13. The molecule has 5 nitrogen and oxygen atoms in total. The van der Waals surface area contributed by atoms with Crippen LogP contribution in [-0.2, 0) is 4.79 Å². The minimum absolute atomic E-state index is 0.162. The van der Waals surface area contributed by atoms with Crippen LogP contribution in [0.25, 0.3) is 6.08 Å². The number of aromatic hydroxyl groups is 2. The Labute approximate surface area is 131 Å². The third kappa shape index (κ3) is 3.57. The SMILES string of the molecule is N#C/C(=C/c1ccc(O)c(O)c1)C(=O)Nc1ccccc1Cl. The van der Waals surface area contributed by atoms with Crippen LogP contribution in [0.5, 0.6) is 11.5 Å². The minimum atomic E-state index is -0.622. The number of amides is 1. The van der Waals surface area contributed by atoms with Gasteiger partial charge in [-0.15, -0.1) is 0 Å². The van der Waals surface area contributed by atoms with E-state index in [4.69, 9.17) is 16.9 Å². The molecule has 1 amide bonds. The minimum Gasteiger partial charge on any atom is -0.504 e. The smallest absolute Gasteiger partial charge is 0.266 e. The third-order valence-corrected chi connectivity index (χ3v) is 3.13. The quantitative estimate of drug-likeness (QED) is 0.460. The van der Waals surface area contributed by atoms with Gasteiger partial charge in [-0.3, -0.25) is 4.79 Å². The van der Waals surface area contributed by atoms with Crippen LogP contribution >= 0.6 is 11.6 Å². The Hall–Kier alpha value is -2.97. The summed E-state index contributed by atoms with van der Waals surface area (Å²) in [6.45, 7) is 0. The summed E-state index contributed by atoms with van der Waals surface area (Å²) in [6, 6.07) is 12.4. The molecule has 2 aromatic rings. The van der Waals surface area contributed by atoms with Crippen LogP contribution in [0, 0.1) is 11.3 Å². The Bertz CT molecular complexity index is 794. The van der Waals surface area contributed by atoms with Gasteiger partial charge < -0.3 is 15.5 Å². The molecule has 0 atom stereocenters. The number of hydrogen-bond donors (Lipinski definition) is 3. The van der Waals surface area contributed by atoms with Gasteiger partial charge in [0.25, 0.3) is 5.91 Å². The maximum absolute atomic E-state index is 12.1. The fourth-order valence-electron chi connectivity index (χ4n) is 1.70. The highest BCUT2D eigenvalue weighted by Gasteiger charge is 2.11. The number of carbonyl (C=O) groups is 1. The van der Waals surface area contributed by atoms with Crippen LogP contribution in [0.2, 0.25) is 5.02 Å². The van der Waals surface area contributed by atoms with Crippen molar-refractivity contribution in [2.24, 2.45) is 0 Å². The van der Waals surface area contributed by atoms with E-state index in [2.05, 4.69) is 5.32 Å². The van der Waals surface area contributed by atoms with Crippen molar-refractivity contribution in [1.29, 1.82) is 5.26 Å². The number of nitriles is 1. The molecule has 0 spiro atoms. The average Bonchev–Trinajstić information content (AvgIpc) is 2.50. The number of rotatable bonds is 3. The molecule has 0 bridgehead atoms. The van der Waals surface area contributed by atoms with Crippen LogP contribution in [0.15, 0.2) is 48.0 Å². The molecule has 110 valence electrons. The van der Waals surface area contributed by atoms with E-state index >= 15 is 0 Å². The van der Waals surface area contributed by atoms with Gasteiger partial charge in [0, 0.05) is 0 Å². The van der Waals surface area contributed by atoms with E-state index in [0.717, 1.165) is 0 Å². The third-order valence-electron chi connectivity index (χ3n) is 2.80.